The highest BCUT2D eigenvalue weighted by Crippen LogP contribution is 1.98. The molecule has 76 valence electrons. The zero-order chi connectivity index (χ0) is 10.2. The number of hydrogen-bond acceptors (Lipinski definition) is 3. The van der Waals surface area contributed by atoms with E-state index in [1.165, 1.54) is 0 Å². The zero-order valence-corrected chi connectivity index (χ0v) is 8.29. The molecule has 4 heteroatoms. The molecule has 1 amide bonds. The van der Waals surface area contributed by atoms with Gasteiger partial charge in [-0.15, -0.1) is 0 Å². The molecular weight excluding hydrogens is 178 g/mol. The van der Waals surface area contributed by atoms with Gasteiger partial charge >= 0.3 is 0 Å². The first kappa shape index (κ1) is 10.7. The quantitative estimate of drug-likeness (QED) is 0.686. The third-order valence-corrected chi connectivity index (χ3v) is 1.64. The molecule has 4 nitrogen and oxygen atoms in total. The van der Waals surface area contributed by atoms with Gasteiger partial charge in [-0.25, -0.2) is 4.98 Å². The van der Waals surface area contributed by atoms with Crippen molar-refractivity contribution >= 4 is 11.7 Å². The van der Waals surface area contributed by atoms with Gasteiger partial charge in [-0.1, -0.05) is 13.0 Å². The Bertz CT molecular complexity index is 274. The lowest BCUT2D eigenvalue weighted by molar-refractivity contribution is -0.115. The van der Waals surface area contributed by atoms with Crippen LogP contribution in [-0.2, 0) is 4.79 Å². The largest absolute Gasteiger partial charge is 0.310 e. The highest BCUT2D eigenvalue weighted by molar-refractivity contribution is 5.91. The van der Waals surface area contributed by atoms with Crippen molar-refractivity contribution in [2.75, 3.05) is 18.4 Å². The lowest BCUT2D eigenvalue weighted by atomic mass is 10.4. The summed E-state index contributed by atoms with van der Waals surface area (Å²) in [6.45, 7) is 3.25. The molecule has 1 rings (SSSR count). The average Bonchev–Trinajstić information content (AvgIpc) is 2.20. The van der Waals surface area contributed by atoms with Crippen molar-refractivity contribution in [2.24, 2.45) is 0 Å². The van der Waals surface area contributed by atoms with Crippen LogP contribution in [0, 0.1) is 0 Å². The molecule has 0 fully saturated rings. The lowest BCUT2D eigenvalue weighted by Crippen LogP contribution is -2.28. The van der Waals surface area contributed by atoms with Crippen LogP contribution in [-0.4, -0.2) is 24.0 Å². The fourth-order valence-corrected chi connectivity index (χ4v) is 1.00. The van der Waals surface area contributed by atoms with Gasteiger partial charge in [0.25, 0.3) is 0 Å². The third-order valence-electron chi connectivity index (χ3n) is 1.64. The number of amides is 1. The number of rotatable bonds is 5. The van der Waals surface area contributed by atoms with Crippen molar-refractivity contribution in [3.8, 4) is 0 Å². The van der Waals surface area contributed by atoms with E-state index in [2.05, 4.69) is 22.5 Å². The number of carbonyl (C=O) groups excluding carboxylic acids is 1. The maximum absolute atomic E-state index is 11.3. The summed E-state index contributed by atoms with van der Waals surface area (Å²) in [5, 5.41) is 5.70. The molecule has 0 aliphatic rings. The minimum atomic E-state index is -0.0582. The molecule has 0 saturated carbocycles. The van der Waals surface area contributed by atoms with Crippen LogP contribution in [0.1, 0.15) is 13.3 Å². The molecule has 0 aliphatic heterocycles. The standard InChI is InChI=1S/C10H15N3O/c1-2-6-11-8-10(14)13-9-5-3-4-7-12-9/h3-5,7,11H,2,6,8H2,1H3,(H,12,13,14). The molecule has 1 heterocycles. The minimum absolute atomic E-state index is 0.0582. The van der Waals surface area contributed by atoms with Gasteiger partial charge in [-0.2, -0.15) is 0 Å². The topological polar surface area (TPSA) is 54.0 Å². The van der Waals surface area contributed by atoms with Crippen LogP contribution >= 0.6 is 0 Å². The first-order valence-corrected chi connectivity index (χ1v) is 4.74. The van der Waals surface area contributed by atoms with Gasteiger partial charge in [-0.3, -0.25) is 4.79 Å². The van der Waals surface area contributed by atoms with Gasteiger partial charge in [0.2, 0.25) is 5.91 Å². The number of pyridine rings is 1. The molecule has 0 unspecified atom stereocenters. The van der Waals surface area contributed by atoms with Crippen LogP contribution in [0.15, 0.2) is 24.4 Å². The highest BCUT2D eigenvalue weighted by Gasteiger charge is 2.00. The van der Waals surface area contributed by atoms with E-state index >= 15 is 0 Å². The molecule has 0 radical (unpaired) electrons. The minimum Gasteiger partial charge on any atom is -0.310 e. The Morgan fingerprint density at radius 3 is 3.00 bits per heavy atom. The Hall–Kier alpha value is -1.42. The van der Waals surface area contributed by atoms with Crippen molar-refractivity contribution in [3.63, 3.8) is 0 Å². The molecule has 0 saturated heterocycles. The van der Waals surface area contributed by atoms with Crippen molar-refractivity contribution in [2.45, 2.75) is 13.3 Å². The molecule has 14 heavy (non-hydrogen) atoms. The van der Waals surface area contributed by atoms with E-state index in [4.69, 9.17) is 0 Å². The Morgan fingerprint density at radius 1 is 1.50 bits per heavy atom. The van der Waals surface area contributed by atoms with Crippen LogP contribution in [0.4, 0.5) is 5.82 Å². The second kappa shape index (κ2) is 6.10. The molecule has 0 atom stereocenters. The van der Waals surface area contributed by atoms with Crippen LogP contribution in [0.5, 0.6) is 0 Å². The smallest absolute Gasteiger partial charge is 0.239 e. The summed E-state index contributed by atoms with van der Waals surface area (Å²) in [7, 11) is 0. The summed E-state index contributed by atoms with van der Waals surface area (Å²) >= 11 is 0. The van der Waals surface area contributed by atoms with Gasteiger partial charge < -0.3 is 10.6 Å². The Morgan fingerprint density at radius 2 is 2.36 bits per heavy atom. The Labute approximate surface area is 83.7 Å². The predicted molar refractivity (Wildman–Crippen MR) is 56.0 cm³/mol. The molecule has 1 aromatic rings. The first-order valence-electron chi connectivity index (χ1n) is 4.74. The zero-order valence-electron chi connectivity index (χ0n) is 8.29. The second-order valence-corrected chi connectivity index (χ2v) is 2.94. The van der Waals surface area contributed by atoms with Crippen molar-refractivity contribution in [1.29, 1.82) is 0 Å². The number of nitrogens with one attached hydrogen (secondary N) is 2. The van der Waals surface area contributed by atoms with E-state index in [0.29, 0.717) is 12.4 Å². The van der Waals surface area contributed by atoms with Crippen molar-refractivity contribution in [1.82, 2.24) is 10.3 Å². The maximum atomic E-state index is 11.3. The molecule has 0 aromatic carbocycles. The Balaban J connectivity index is 2.27. The maximum Gasteiger partial charge on any atom is 0.239 e. The molecule has 2 N–H and O–H groups in total. The van der Waals surface area contributed by atoms with Crippen LogP contribution in [0.2, 0.25) is 0 Å². The van der Waals surface area contributed by atoms with E-state index in [1.54, 1.807) is 12.3 Å². The molecule has 0 bridgehead atoms. The SMILES string of the molecule is CCCNCC(=O)Nc1ccccn1. The van der Waals surface area contributed by atoms with E-state index < -0.39 is 0 Å². The number of nitrogens with zero attached hydrogens (tertiary/aromatic N) is 1. The highest BCUT2D eigenvalue weighted by atomic mass is 16.1. The van der Waals surface area contributed by atoms with Gasteiger partial charge in [0.15, 0.2) is 0 Å². The number of carbonyl (C=O) groups is 1. The Kier molecular flexibility index (Phi) is 4.64. The van der Waals surface area contributed by atoms with Crippen molar-refractivity contribution < 1.29 is 4.79 Å². The summed E-state index contributed by atoms with van der Waals surface area (Å²) in [5.41, 5.74) is 0. The van der Waals surface area contributed by atoms with Gasteiger partial charge in [0.1, 0.15) is 5.82 Å². The normalized spacial score (nSPS) is 9.79. The number of hydrogen-bond donors (Lipinski definition) is 2. The predicted octanol–water partition coefficient (Wildman–Crippen LogP) is 1.02. The summed E-state index contributed by atoms with van der Waals surface area (Å²) in [6.07, 6.45) is 2.67. The molecule has 1 aromatic heterocycles. The van der Waals surface area contributed by atoms with Gasteiger partial charge in [0, 0.05) is 6.20 Å². The summed E-state index contributed by atoms with van der Waals surface area (Å²) in [4.78, 5) is 15.3. The summed E-state index contributed by atoms with van der Waals surface area (Å²) in [5.74, 6) is 0.535. The number of aromatic nitrogens is 1. The van der Waals surface area contributed by atoms with E-state index in [-0.39, 0.29) is 5.91 Å². The monoisotopic (exact) mass is 193 g/mol. The lowest BCUT2D eigenvalue weighted by Gasteiger charge is -2.04. The van der Waals surface area contributed by atoms with Gasteiger partial charge in [-0.05, 0) is 25.1 Å². The van der Waals surface area contributed by atoms with E-state index in [9.17, 15) is 4.79 Å². The van der Waals surface area contributed by atoms with Crippen LogP contribution < -0.4 is 10.6 Å². The van der Waals surface area contributed by atoms with Crippen LogP contribution in [0.25, 0.3) is 0 Å². The average molecular weight is 193 g/mol. The van der Waals surface area contributed by atoms with Crippen molar-refractivity contribution in [3.05, 3.63) is 24.4 Å². The molecule has 0 aliphatic carbocycles. The molecule has 0 spiro atoms. The first-order chi connectivity index (χ1) is 6.83. The summed E-state index contributed by atoms with van der Waals surface area (Å²) in [6, 6.07) is 5.41. The van der Waals surface area contributed by atoms with E-state index in [1.807, 2.05) is 12.1 Å². The molecular formula is C10H15N3O. The van der Waals surface area contributed by atoms with E-state index in [0.717, 1.165) is 13.0 Å². The fraction of sp³-hybridized carbons (Fsp3) is 0.400. The third kappa shape index (κ3) is 4.00. The summed E-state index contributed by atoms with van der Waals surface area (Å²) < 4.78 is 0. The van der Waals surface area contributed by atoms with Gasteiger partial charge in [0.05, 0.1) is 6.54 Å². The second-order valence-electron chi connectivity index (χ2n) is 2.94. The number of anilines is 1. The van der Waals surface area contributed by atoms with Crippen LogP contribution in [0.3, 0.4) is 0 Å². The fourth-order valence-electron chi connectivity index (χ4n) is 1.00.